The third-order valence-corrected chi connectivity index (χ3v) is 2.75. The van der Waals surface area contributed by atoms with Gasteiger partial charge in [0, 0.05) is 18.9 Å². The summed E-state index contributed by atoms with van der Waals surface area (Å²) in [5, 5.41) is 5.35. The molecule has 0 saturated heterocycles. The van der Waals surface area contributed by atoms with Crippen molar-refractivity contribution < 1.29 is 19.1 Å². The van der Waals surface area contributed by atoms with E-state index < -0.39 is 0 Å². The molecule has 0 atom stereocenters. The van der Waals surface area contributed by atoms with Crippen molar-refractivity contribution in [3.8, 4) is 5.75 Å². The number of methoxy groups -OCH3 is 2. The van der Waals surface area contributed by atoms with Crippen molar-refractivity contribution in [3.63, 3.8) is 0 Å². The van der Waals surface area contributed by atoms with E-state index in [2.05, 4.69) is 20.6 Å². The number of hydrogen-bond acceptors (Lipinski definition) is 5. The third kappa shape index (κ3) is 3.83. The summed E-state index contributed by atoms with van der Waals surface area (Å²) in [5.74, 6) is -0.197. The highest BCUT2D eigenvalue weighted by atomic mass is 16.5. The molecule has 22 heavy (non-hydrogen) atoms. The Bertz CT molecular complexity index is 655. The first-order chi connectivity index (χ1) is 10.6. The van der Waals surface area contributed by atoms with E-state index >= 15 is 0 Å². The summed E-state index contributed by atoms with van der Waals surface area (Å²) >= 11 is 0. The van der Waals surface area contributed by atoms with E-state index in [1.165, 1.54) is 26.7 Å². The smallest absolute Gasteiger partial charge is 0.273 e. The molecule has 1 aromatic heterocycles. The Morgan fingerprint density at radius 1 is 1.27 bits per heavy atom. The second-order valence-corrected chi connectivity index (χ2v) is 4.32. The van der Waals surface area contributed by atoms with Gasteiger partial charge in [-0.2, -0.15) is 0 Å². The van der Waals surface area contributed by atoms with Gasteiger partial charge in [-0.15, -0.1) is 0 Å². The normalized spacial score (nSPS) is 10.1. The van der Waals surface area contributed by atoms with Crippen molar-refractivity contribution in [2.45, 2.75) is 0 Å². The molecule has 8 nitrogen and oxygen atoms in total. The van der Waals surface area contributed by atoms with Crippen LogP contribution in [0.15, 0.2) is 30.7 Å². The fourth-order valence-corrected chi connectivity index (χ4v) is 1.77. The molecule has 2 aromatic rings. The molecule has 1 heterocycles. The minimum absolute atomic E-state index is 0.0541. The molecule has 1 aromatic carbocycles. The Kier molecular flexibility index (Phi) is 5.10. The average Bonchev–Trinajstić information content (AvgIpc) is 3.03. The number of aromatic nitrogens is 2. The summed E-state index contributed by atoms with van der Waals surface area (Å²) in [6.45, 7) is -0.0541. The summed E-state index contributed by atoms with van der Waals surface area (Å²) in [6, 6.07) is 4.89. The van der Waals surface area contributed by atoms with E-state index in [-0.39, 0.29) is 18.4 Å². The van der Waals surface area contributed by atoms with Gasteiger partial charge in [0.05, 0.1) is 25.3 Å². The van der Waals surface area contributed by atoms with Crippen LogP contribution < -0.4 is 15.4 Å². The van der Waals surface area contributed by atoms with Crippen molar-refractivity contribution in [1.29, 1.82) is 0 Å². The molecular weight excluding hydrogens is 288 g/mol. The molecule has 8 heteroatoms. The molecule has 0 aliphatic rings. The van der Waals surface area contributed by atoms with E-state index in [0.29, 0.717) is 22.8 Å². The standard InChI is InChI=1S/C14H16N4O4/c1-21-7-13(19)18-10-4-3-9(5-12(10)22-2)17-14(20)11-6-15-8-16-11/h3-6,8H,7H2,1-2H3,(H,15,16)(H,17,20)(H,18,19). The van der Waals surface area contributed by atoms with Crippen LogP contribution in [0.3, 0.4) is 0 Å². The van der Waals surface area contributed by atoms with Crippen molar-refractivity contribution in [3.05, 3.63) is 36.4 Å². The topological polar surface area (TPSA) is 105 Å². The van der Waals surface area contributed by atoms with Gasteiger partial charge in [0.2, 0.25) is 5.91 Å². The predicted molar refractivity (Wildman–Crippen MR) is 80.0 cm³/mol. The lowest BCUT2D eigenvalue weighted by Crippen LogP contribution is -2.18. The number of imidazole rings is 1. The highest BCUT2D eigenvalue weighted by molar-refractivity contribution is 6.03. The maximum Gasteiger partial charge on any atom is 0.273 e. The van der Waals surface area contributed by atoms with Crippen molar-refractivity contribution in [2.24, 2.45) is 0 Å². The lowest BCUT2D eigenvalue weighted by atomic mass is 10.2. The van der Waals surface area contributed by atoms with E-state index in [0.717, 1.165) is 0 Å². The molecule has 0 fully saturated rings. The predicted octanol–water partition coefficient (Wildman–Crippen LogP) is 1.26. The molecule has 116 valence electrons. The number of carbonyl (C=O) groups excluding carboxylic acids is 2. The SMILES string of the molecule is COCC(=O)Nc1ccc(NC(=O)c2cnc[nH]2)cc1OC. The largest absolute Gasteiger partial charge is 0.494 e. The maximum atomic E-state index is 11.9. The van der Waals surface area contributed by atoms with Crippen LogP contribution in [0.25, 0.3) is 0 Å². The van der Waals surface area contributed by atoms with Crippen molar-refractivity contribution >= 4 is 23.2 Å². The molecular formula is C14H16N4O4. The minimum atomic E-state index is -0.323. The fourth-order valence-electron chi connectivity index (χ4n) is 1.77. The highest BCUT2D eigenvalue weighted by Crippen LogP contribution is 2.28. The maximum absolute atomic E-state index is 11.9. The number of nitrogens with one attached hydrogen (secondary N) is 3. The lowest BCUT2D eigenvalue weighted by Gasteiger charge is -2.12. The van der Waals surface area contributed by atoms with Gasteiger partial charge in [-0.25, -0.2) is 4.98 Å². The van der Waals surface area contributed by atoms with Gasteiger partial charge in [-0.05, 0) is 12.1 Å². The molecule has 0 unspecified atom stereocenters. The van der Waals surface area contributed by atoms with Crippen LogP contribution in [0.4, 0.5) is 11.4 Å². The zero-order valence-electron chi connectivity index (χ0n) is 12.2. The van der Waals surface area contributed by atoms with Gasteiger partial charge in [0.25, 0.3) is 5.91 Å². The first kappa shape index (κ1) is 15.5. The van der Waals surface area contributed by atoms with Gasteiger partial charge >= 0.3 is 0 Å². The van der Waals surface area contributed by atoms with Gasteiger partial charge in [-0.3, -0.25) is 9.59 Å². The number of H-pyrrole nitrogens is 1. The Labute approximate surface area is 126 Å². The zero-order chi connectivity index (χ0) is 15.9. The van der Waals surface area contributed by atoms with Crippen LogP contribution in [0.1, 0.15) is 10.5 Å². The number of anilines is 2. The first-order valence-corrected chi connectivity index (χ1v) is 6.40. The third-order valence-electron chi connectivity index (χ3n) is 2.75. The number of amides is 2. The average molecular weight is 304 g/mol. The molecule has 0 bridgehead atoms. The number of nitrogens with zero attached hydrogens (tertiary/aromatic N) is 1. The minimum Gasteiger partial charge on any atom is -0.494 e. The summed E-state index contributed by atoms with van der Waals surface area (Å²) < 4.78 is 9.96. The first-order valence-electron chi connectivity index (χ1n) is 6.40. The van der Waals surface area contributed by atoms with Crippen LogP contribution in [-0.4, -0.2) is 42.6 Å². The van der Waals surface area contributed by atoms with Crippen LogP contribution in [-0.2, 0) is 9.53 Å². The molecule has 0 radical (unpaired) electrons. The summed E-state index contributed by atoms with van der Waals surface area (Å²) in [5.41, 5.74) is 1.36. The Morgan fingerprint density at radius 3 is 2.73 bits per heavy atom. The quantitative estimate of drug-likeness (QED) is 0.745. The Balaban J connectivity index is 2.11. The number of carbonyl (C=O) groups is 2. The number of aromatic amines is 1. The molecule has 3 N–H and O–H groups in total. The molecule has 0 spiro atoms. The Morgan fingerprint density at radius 2 is 2.09 bits per heavy atom. The van der Waals surface area contributed by atoms with Gasteiger partial charge < -0.3 is 25.1 Å². The van der Waals surface area contributed by atoms with E-state index in [4.69, 9.17) is 9.47 Å². The number of benzene rings is 1. The molecule has 2 rings (SSSR count). The van der Waals surface area contributed by atoms with Crippen LogP contribution in [0, 0.1) is 0 Å². The van der Waals surface area contributed by atoms with E-state index in [9.17, 15) is 9.59 Å². The van der Waals surface area contributed by atoms with Crippen LogP contribution in [0.2, 0.25) is 0 Å². The molecule has 0 saturated carbocycles. The highest BCUT2D eigenvalue weighted by Gasteiger charge is 2.11. The van der Waals surface area contributed by atoms with Gasteiger partial charge in [-0.1, -0.05) is 0 Å². The Hall–Kier alpha value is -2.87. The summed E-state index contributed by atoms with van der Waals surface area (Å²) in [4.78, 5) is 29.9. The second kappa shape index (κ2) is 7.23. The van der Waals surface area contributed by atoms with Gasteiger partial charge in [0.1, 0.15) is 18.1 Å². The fraction of sp³-hybridized carbons (Fsp3) is 0.214. The number of rotatable bonds is 6. The van der Waals surface area contributed by atoms with E-state index in [1.807, 2.05) is 0 Å². The zero-order valence-corrected chi connectivity index (χ0v) is 12.2. The van der Waals surface area contributed by atoms with Crippen LogP contribution in [0.5, 0.6) is 5.75 Å². The molecule has 0 aliphatic carbocycles. The molecule has 0 aliphatic heterocycles. The monoisotopic (exact) mass is 304 g/mol. The van der Waals surface area contributed by atoms with Crippen molar-refractivity contribution in [1.82, 2.24) is 9.97 Å². The number of ether oxygens (including phenoxy) is 2. The summed E-state index contributed by atoms with van der Waals surface area (Å²) in [6.07, 6.45) is 2.84. The number of hydrogen-bond donors (Lipinski definition) is 3. The van der Waals surface area contributed by atoms with Crippen molar-refractivity contribution in [2.75, 3.05) is 31.5 Å². The van der Waals surface area contributed by atoms with Gasteiger partial charge in [0.15, 0.2) is 0 Å². The molecule has 2 amide bonds. The lowest BCUT2D eigenvalue weighted by molar-refractivity contribution is -0.119. The summed E-state index contributed by atoms with van der Waals surface area (Å²) in [7, 11) is 2.91. The van der Waals surface area contributed by atoms with Crippen LogP contribution >= 0.6 is 0 Å². The second-order valence-electron chi connectivity index (χ2n) is 4.32. The van der Waals surface area contributed by atoms with E-state index in [1.54, 1.807) is 18.2 Å².